The standard InChI is InChI=1S/C22H20N2O5S/c1-28-12-7-9-14(17(11-12)29-2)24-22(27)20(26)13-8-10-16-21(19(13)25)30-18-6-4-3-5-15(18)23-16/h3-7,9,11,13,23H,8,10H2,1-2H3,(H,24,27)/t13-/m1/s1. The van der Waals surface area contributed by atoms with Crippen LogP contribution in [0.3, 0.4) is 0 Å². The third-order valence-electron chi connectivity index (χ3n) is 5.08. The number of nitrogens with one attached hydrogen (secondary N) is 2. The highest BCUT2D eigenvalue weighted by molar-refractivity contribution is 8.04. The summed E-state index contributed by atoms with van der Waals surface area (Å²) in [5.41, 5.74) is 2.09. The Morgan fingerprint density at radius 1 is 1.13 bits per heavy atom. The highest BCUT2D eigenvalue weighted by Gasteiger charge is 2.39. The summed E-state index contributed by atoms with van der Waals surface area (Å²) in [5, 5.41) is 5.84. The molecule has 2 aromatic rings. The lowest BCUT2D eigenvalue weighted by molar-refractivity contribution is -0.140. The molecule has 7 nitrogen and oxygen atoms in total. The molecule has 2 N–H and O–H groups in total. The van der Waals surface area contributed by atoms with Gasteiger partial charge in [0.05, 0.1) is 36.4 Å². The van der Waals surface area contributed by atoms with Gasteiger partial charge < -0.3 is 20.1 Å². The highest BCUT2D eigenvalue weighted by atomic mass is 32.2. The average Bonchev–Trinajstić information content (AvgIpc) is 2.78. The van der Waals surface area contributed by atoms with Crippen molar-refractivity contribution in [2.45, 2.75) is 17.7 Å². The summed E-state index contributed by atoms with van der Waals surface area (Å²) < 4.78 is 10.4. The second-order valence-corrected chi connectivity index (χ2v) is 7.92. The Morgan fingerprint density at radius 3 is 2.70 bits per heavy atom. The van der Waals surface area contributed by atoms with E-state index in [2.05, 4.69) is 10.6 Å². The van der Waals surface area contributed by atoms with Crippen molar-refractivity contribution in [3.05, 3.63) is 53.1 Å². The molecule has 0 fully saturated rings. The van der Waals surface area contributed by atoms with Crippen molar-refractivity contribution >= 4 is 40.6 Å². The first-order valence-corrected chi connectivity index (χ1v) is 10.2. The van der Waals surface area contributed by atoms with E-state index in [-0.39, 0.29) is 5.78 Å². The number of benzene rings is 2. The SMILES string of the molecule is COc1ccc(NC(=O)C(=O)[C@@H]2CCC3=C(Sc4ccccc4N3)C2=O)c(OC)c1. The van der Waals surface area contributed by atoms with Crippen molar-refractivity contribution < 1.29 is 23.9 Å². The molecule has 0 bridgehead atoms. The number of fused-ring (bicyclic) bond motifs is 1. The zero-order valence-corrected chi connectivity index (χ0v) is 17.3. The molecule has 0 unspecified atom stereocenters. The van der Waals surface area contributed by atoms with Crippen LogP contribution >= 0.6 is 11.8 Å². The third-order valence-corrected chi connectivity index (χ3v) is 6.31. The van der Waals surface area contributed by atoms with Crippen molar-refractivity contribution in [3.8, 4) is 11.5 Å². The Kier molecular flexibility index (Phi) is 5.50. The van der Waals surface area contributed by atoms with E-state index in [1.165, 1.54) is 26.0 Å². The molecule has 1 amide bonds. The minimum Gasteiger partial charge on any atom is -0.497 e. The number of allylic oxidation sites excluding steroid dienone is 2. The number of rotatable bonds is 5. The number of carbonyl (C=O) groups is 3. The van der Waals surface area contributed by atoms with Crippen molar-refractivity contribution in [3.63, 3.8) is 0 Å². The molecule has 4 rings (SSSR count). The van der Waals surface area contributed by atoms with Crippen LogP contribution in [0.15, 0.2) is 58.0 Å². The molecule has 0 radical (unpaired) electrons. The molecule has 0 saturated heterocycles. The number of hydrogen-bond acceptors (Lipinski definition) is 7. The first-order valence-electron chi connectivity index (χ1n) is 9.40. The van der Waals surface area contributed by atoms with Crippen molar-refractivity contribution in [1.29, 1.82) is 0 Å². The molecule has 0 spiro atoms. The number of carbonyl (C=O) groups excluding carboxylic acids is 3. The number of ether oxygens (including phenoxy) is 2. The lowest BCUT2D eigenvalue weighted by Crippen LogP contribution is -2.37. The fraction of sp³-hybridized carbons (Fsp3) is 0.227. The second-order valence-electron chi connectivity index (χ2n) is 6.87. The summed E-state index contributed by atoms with van der Waals surface area (Å²) in [6.45, 7) is 0. The van der Waals surface area contributed by atoms with Crippen LogP contribution in [0, 0.1) is 5.92 Å². The molecule has 2 aliphatic rings. The quantitative estimate of drug-likeness (QED) is 0.559. The fourth-order valence-corrected chi connectivity index (χ4v) is 4.61. The first kappa shape index (κ1) is 20.0. The summed E-state index contributed by atoms with van der Waals surface area (Å²) in [4.78, 5) is 39.8. The van der Waals surface area contributed by atoms with Gasteiger partial charge in [0, 0.05) is 16.7 Å². The molecule has 8 heteroatoms. The number of amides is 1. The Labute approximate surface area is 177 Å². The van der Waals surface area contributed by atoms with Crippen LogP contribution in [-0.2, 0) is 14.4 Å². The Morgan fingerprint density at radius 2 is 1.93 bits per heavy atom. The molecule has 30 heavy (non-hydrogen) atoms. The van der Waals surface area contributed by atoms with Crippen LogP contribution in [-0.4, -0.2) is 31.7 Å². The Hall–Kier alpha value is -3.26. The number of anilines is 2. The minimum absolute atomic E-state index is 0.291. The topological polar surface area (TPSA) is 93.7 Å². The van der Waals surface area contributed by atoms with E-state index in [9.17, 15) is 14.4 Å². The van der Waals surface area contributed by atoms with Crippen molar-refractivity contribution in [2.24, 2.45) is 5.92 Å². The van der Waals surface area contributed by atoms with E-state index < -0.39 is 17.6 Å². The number of methoxy groups -OCH3 is 2. The van der Waals surface area contributed by atoms with Gasteiger partial charge in [-0.15, -0.1) is 0 Å². The van der Waals surface area contributed by atoms with Crippen molar-refractivity contribution in [1.82, 2.24) is 0 Å². The largest absolute Gasteiger partial charge is 0.497 e. The predicted octanol–water partition coefficient (Wildman–Crippen LogP) is 3.62. The number of Topliss-reactive ketones (excluding diaryl/α,β-unsaturated/α-hetero) is 2. The van der Waals surface area contributed by atoms with Gasteiger partial charge in [-0.25, -0.2) is 0 Å². The maximum Gasteiger partial charge on any atom is 0.292 e. The molecule has 154 valence electrons. The van der Waals surface area contributed by atoms with E-state index >= 15 is 0 Å². The van der Waals surface area contributed by atoms with Crippen LogP contribution in [0.4, 0.5) is 11.4 Å². The van der Waals surface area contributed by atoms with Gasteiger partial charge >= 0.3 is 0 Å². The normalized spacial score (nSPS) is 17.4. The zero-order chi connectivity index (χ0) is 21.3. The monoisotopic (exact) mass is 424 g/mol. The molecule has 0 aromatic heterocycles. The average molecular weight is 424 g/mol. The summed E-state index contributed by atoms with van der Waals surface area (Å²) in [6.07, 6.45) is 0.817. The van der Waals surface area contributed by atoms with Crippen molar-refractivity contribution in [2.75, 3.05) is 24.9 Å². The van der Waals surface area contributed by atoms with E-state index in [4.69, 9.17) is 9.47 Å². The van der Waals surface area contributed by atoms with Gasteiger partial charge in [0.25, 0.3) is 5.91 Å². The molecule has 2 aromatic carbocycles. The van der Waals surface area contributed by atoms with Gasteiger partial charge in [-0.3, -0.25) is 14.4 Å². The van der Waals surface area contributed by atoms with Gasteiger partial charge in [-0.1, -0.05) is 23.9 Å². The Bertz CT molecular complexity index is 1080. The van der Waals surface area contributed by atoms with E-state index in [0.717, 1.165) is 16.3 Å². The number of thioether (sulfide) groups is 1. The highest BCUT2D eigenvalue weighted by Crippen LogP contribution is 2.45. The van der Waals surface area contributed by atoms with Crippen LogP contribution in [0.2, 0.25) is 0 Å². The van der Waals surface area contributed by atoms with Gasteiger partial charge in [-0.2, -0.15) is 0 Å². The Balaban J connectivity index is 1.50. The lowest BCUT2D eigenvalue weighted by Gasteiger charge is -2.29. The smallest absolute Gasteiger partial charge is 0.292 e. The van der Waals surface area contributed by atoms with Crippen LogP contribution in [0.1, 0.15) is 12.8 Å². The van der Waals surface area contributed by atoms with Gasteiger partial charge in [0.1, 0.15) is 11.5 Å². The van der Waals surface area contributed by atoms with Crippen LogP contribution in [0.25, 0.3) is 0 Å². The summed E-state index contributed by atoms with van der Waals surface area (Å²) in [7, 11) is 2.97. The van der Waals surface area contributed by atoms with Gasteiger partial charge in [0.2, 0.25) is 5.78 Å². The maximum atomic E-state index is 13.0. The predicted molar refractivity (Wildman–Crippen MR) is 114 cm³/mol. The molecular weight excluding hydrogens is 404 g/mol. The summed E-state index contributed by atoms with van der Waals surface area (Å²) >= 11 is 1.35. The fourth-order valence-electron chi connectivity index (χ4n) is 3.50. The molecular formula is C22H20N2O5S. The minimum atomic E-state index is -0.993. The maximum absolute atomic E-state index is 13.0. The number of para-hydroxylation sites is 1. The summed E-state index contributed by atoms with van der Waals surface area (Å²) in [6, 6.07) is 12.5. The van der Waals surface area contributed by atoms with E-state index in [1.807, 2.05) is 24.3 Å². The van der Waals surface area contributed by atoms with Crippen LogP contribution in [0.5, 0.6) is 11.5 Å². The van der Waals surface area contributed by atoms with Gasteiger partial charge in [-0.05, 0) is 37.1 Å². The zero-order valence-electron chi connectivity index (χ0n) is 16.5. The third kappa shape index (κ3) is 3.66. The molecule has 1 heterocycles. The molecule has 1 atom stereocenters. The van der Waals surface area contributed by atoms with Crippen LogP contribution < -0.4 is 20.1 Å². The van der Waals surface area contributed by atoms with E-state index in [1.54, 1.807) is 18.2 Å². The van der Waals surface area contributed by atoms with E-state index in [0.29, 0.717) is 34.9 Å². The molecule has 1 aliphatic heterocycles. The van der Waals surface area contributed by atoms with Gasteiger partial charge in [0.15, 0.2) is 5.78 Å². The molecule has 1 aliphatic carbocycles. The lowest BCUT2D eigenvalue weighted by atomic mass is 9.87. The number of hydrogen-bond donors (Lipinski definition) is 2. The summed E-state index contributed by atoms with van der Waals surface area (Å²) in [5.74, 6) is -1.98. The second kappa shape index (κ2) is 8.23. The molecule has 0 saturated carbocycles. The first-order chi connectivity index (χ1) is 14.5. The number of ketones is 2.